The van der Waals surface area contributed by atoms with E-state index in [1.807, 2.05) is 0 Å². The monoisotopic (exact) mass is 179 g/mol. The summed E-state index contributed by atoms with van der Waals surface area (Å²) in [5.41, 5.74) is 0.724. The molecule has 0 bridgehead atoms. The van der Waals surface area contributed by atoms with Gasteiger partial charge in [-0.1, -0.05) is 5.21 Å². The van der Waals surface area contributed by atoms with Crippen LogP contribution in [0, 0.1) is 5.82 Å². The van der Waals surface area contributed by atoms with Crippen molar-refractivity contribution in [3.05, 3.63) is 35.7 Å². The quantitative estimate of drug-likeness (QED) is 0.721. The third kappa shape index (κ3) is 1.84. The molecule has 66 valence electrons. The van der Waals surface area contributed by atoms with Gasteiger partial charge in [-0.15, -0.1) is 10.2 Å². The van der Waals surface area contributed by atoms with E-state index in [0.717, 1.165) is 11.8 Å². The van der Waals surface area contributed by atoms with Gasteiger partial charge in [-0.25, -0.2) is 4.39 Å². The molecule has 5 nitrogen and oxygen atoms in total. The molecule has 0 amide bonds. The minimum absolute atomic E-state index is 0.360. The van der Waals surface area contributed by atoms with Crippen molar-refractivity contribution in [3.8, 4) is 0 Å². The van der Waals surface area contributed by atoms with E-state index in [9.17, 15) is 4.39 Å². The molecule has 0 fully saturated rings. The SMILES string of the molecule is Fc1cncc(Cc2nn[nH]n2)c1. The third-order valence-electron chi connectivity index (χ3n) is 1.51. The predicted molar refractivity (Wildman–Crippen MR) is 41.2 cm³/mol. The Hall–Kier alpha value is -1.85. The van der Waals surface area contributed by atoms with Crippen molar-refractivity contribution < 1.29 is 4.39 Å². The summed E-state index contributed by atoms with van der Waals surface area (Å²) in [5.74, 6) is 0.161. The Morgan fingerprint density at radius 1 is 1.38 bits per heavy atom. The Balaban J connectivity index is 2.19. The van der Waals surface area contributed by atoms with Crippen molar-refractivity contribution in [3.63, 3.8) is 0 Å². The van der Waals surface area contributed by atoms with Crippen LogP contribution in [0.1, 0.15) is 11.4 Å². The van der Waals surface area contributed by atoms with E-state index in [-0.39, 0.29) is 5.82 Å². The van der Waals surface area contributed by atoms with Crippen molar-refractivity contribution in [2.24, 2.45) is 0 Å². The number of H-pyrrole nitrogens is 1. The highest BCUT2D eigenvalue weighted by atomic mass is 19.1. The van der Waals surface area contributed by atoms with Crippen molar-refractivity contribution in [1.29, 1.82) is 0 Å². The van der Waals surface area contributed by atoms with Crippen LogP contribution >= 0.6 is 0 Å². The lowest BCUT2D eigenvalue weighted by Crippen LogP contribution is -1.93. The first kappa shape index (κ1) is 7.78. The predicted octanol–water partition coefficient (Wildman–Crippen LogP) is 0.325. The first-order valence-corrected chi connectivity index (χ1v) is 3.66. The van der Waals surface area contributed by atoms with E-state index < -0.39 is 0 Å². The lowest BCUT2D eigenvalue weighted by atomic mass is 10.2. The van der Waals surface area contributed by atoms with Gasteiger partial charge in [-0.3, -0.25) is 4.98 Å². The maximum absolute atomic E-state index is 12.7. The molecule has 0 aliphatic carbocycles. The van der Waals surface area contributed by atoms with Gasteiger partial charge in [-0.05, 0) is 11.6 Å². The summed E-state index contributed by atoms with van der Waals surface area (Å²) in [6.07, 6.45) is 3.15. The fourth-order valence-electron chi connectivity index (χ4n) is 0.993. The maximum Gasteiger partial charge on any atom is 0.178 e. The highest BCUT2D eigenvalue weighted by Gasteiger charge is 2.01. The average molecular weight is 179 g/mol. The largest absolute Gasteiger partial charge is 0.261 e. The fraction of sp³-hybridized carbons (Fsp3) is 0.143. The van der Waals surface area contributed by atoms with Crippen molar-refractivity contribution in [2.75, 3.05) is 0 Å². The van der Waals surface area contributed by atoms with Crippen LogP contribution < -0.4 is 0 Å². The Morgan fingerprint density at radius 3 is 3.00 bits per heavy atom. The number of aromatic nitrogens is 5. The zero-order valence-corrected chi connectivity index (χ0v) is 6.61. The summed E-state index contributed by atoms with van der Waals surface area (Å²) in [4.78, 5) is 3.70. The van der Waals surface area contributed by atoms with Gasteiger partial charge in [0, 0.05) is 12.6 Å². The van der Waals surface area contributed by atoms with Crippen LogP contribution in [0.25, 0.3) is 0 Å². The standard InChI is InChI=1S/C7H6FN5/c8-6-1-5(3-9-4-6)2-7-10-12-13-11-7/h1,3-4H,2H2,(H,10,11,12,13). The molecule has 0 spiro atoms. The first-order valence-electron chi connectivity index (χ1n) is 3.66. The molecule has 0 saturated carbocycles. The minimum atomic E-state index is -0.360. The van der Waals surface area contributed by atoms with Gasteiger partial charge in [0.1, 0.15) is 5.82 Å². The summed E-state index contributed by atoms with van der Waals surface area (Å²) in [6.45, 7) is 0. The lowest BCUT2D eigenvalue weighted by Gasteiger charge is -1.94. The highest BCUT2D eigenvalue weighted by Crippen LogP contribution is 2.04. The summed E-state index contributed by atoms with van der Waals surface area (Å²) < 4.78 is 12.7. The normalized spacial score (nSPS) is 10.2. The van der Waals surface area contributed by atoms with Crippen LogP contribution in [-0.2, 0) is 6.42 Å². The van der Waals surface area contributed by atoms with E-state index in [2.05, 4.69) is 25.6 Å². The molecule has 6 heteroatoms. The van der Waals surface area contributed by atoms with E-state index in [1.165, 1.54) is 6.07 Å². The summed E-state index contributed by atoms with van der Waals surface area (Å²) in [6, 6.07) is 1.39. The molecule has 2 aromatic rings. The first-order chi connectivity index (χ1) is 6.34. The van der Waals surface area contributed by atoms with Crippen LogP contribution in [-0.4, -0.2) is 25.6 Å². The summed E-state index contributed by atoms with van der Waals surface area (Å²) in [5, 5.41) is 13.2. The van der Waals surface area contributed by atoms with Crippen LogP contribution in [0.5, 0.6) is 0 Å². The van der Waals surface area contributed by atoms with E-state index >= 15 is 0 Å². The molecule has 0 aliphatic rings. The Labute approximate surface area is 73.0 Å². The van der Waals surface area contributed by atoms with Gasteiger partial charge in [-0.2, -0.15) is 5.21 Å². The van der Waals surface area contributed by atoms with Crippen molar-refractivity contribution in [2.45, 2.75) is 6.42 Å². The number of rotatable bonds is 2. The zero-order valence-electron chi connectivity index (χ0n) is 6.61. The highest BCUT2D eigenvalue weighted by molar-refractivity contribution is 5.14. The van der Waals surface area contributed by atoms with Crippen molar-refractivity contribution >= 4 is 0 Å². The Bertz CT molecular complexity index is 386. The van der Waals surface area contributed by atoms with Gasteiger partial charge >= 0.3 is 0 Å². The molecule has 0 radical (unpaired) electrons. The van der Waals surface area contributed by atoms with Crippen LogP contribution in [0.15, 0.2) is 18.5 Å². The number of pyridine rings is 1. The fourth-order valence-corrected chi connectivity index (χ4v) is 0.993. The van der Waals surface area contributed by atoms with Gasteiger partial charge in [0.05, 0.1) is 6.20 Å². The number of hydrogen-bond donors (Lipinski definition) is 1. The molecule has 0 saturated heterocycles. The van der Waals surface area contributed by atoms with E-state index in [4.69, 9.17) is 0 Å². The summed E-state index contributed by atoms with van der Waals surface area (Å²) >= 11 is 0. The molecule has 2 heterocycles. The Morgan fingerprint density at radius 2 is 2.31 bits per heavy atom. The van der Waals surface area contributed by atoms with Gasteiger partial charge in [0.15, 0.2) is 5.82 Å². The van der Waals surface area contributed by atoms with Gasteiger partial charge in [0.2, 0.25) is 0 Å². The number of tetrazole rings is 1. The molecule has 0 atom stereocenters. The van der Waals surface area contributed by atoms with Crippen LogP contribution in [0.3, 0.4) is 0 Å². The number of nitrogens with one attached hydrogen (secondary N) is 1. The topological polar surface area (TPSA) is 67.3 Å². The second kappa shape index (κ2) is 3.26. The average Bonchev–Trinajstić information content (AvgIpc) is 2.57. The molecule has 0 unspecified atom stereocenters. The van der Waals surface area contributed by atoms with Gasteiger partial charge < -0.3 is 0 Å². The van der Waals surface area contributed by atoms with E-state index in [0.29, 0.717) is 12.2 Å². The second-order valence-electron chi connectivity index (χ2n) is 2.52. The van der Waals surface area contributed by atoms with Crippen molar-refractivity contribution in [1.82, 2.24) is 25.6 Å². The molecule has 2 rings (SSSR count). The number of halogens is 1. The van der Waals surface area contributed by atoms with Gasteiger partial charge in [0.25, 0.3) is 0 Å². The molecule has 0 aromatic carbocycles. The van der Waals surface area contributed by atoms with Crippen LogP contribution in [0.4, 0.5) is 4.39 Å². The molecular formula is C7H6FN5. The minimum Gasteiger partial charge on any atom is -0.261 e. The smallest absolute Gasteiger partial charge is 0.178 e. The molecule has 1 N–H and O–H groups in total. The third-order valence-corrected chi connectivity index (χ3v) is 1.51. The zero-order chi connectivity index (χ0) is 9.10. The molecule has 13 heavy (non-hydrogen) atoms. The Kier molecular flexibility index (Phi) is 1.95. The number of hydrogen-bond acceptors (Lipinski definition) is 4. The molecule has 2 aromatic heterocycles. The summed E-state index contributed by atoms with van der Waals surface area (Å²) in [7, 11) is 0. The second-order valence-corrected chi connectivity index (χ2v) is 2.52. The number of nitrogens with zero attached hydrogens (tertiary/aromatic N) is 4. The molecule has 0 aliphatic heterocycles. The lowest BCUT2D eigenvalue weighted by molar-refractivity contribution is 0.619. The number of aromatic amines is 1. The maximum atomic E-state index is 12.7. The van der Waals surface area contributed by atoms with Crippen LogP contribution in [0.2, 0.25) is 0 Å². The molecular weight excluding hydrogens is 173 g/mol. The van der Waals surface area contributed by atoms with E-state index in [1.54, 1.807) is 6.20 Å².